The molecular weight excluding hydrogens is 436 g/mol. The number of unbranched alkanes of at least 4 members (excludes halogenated alkanes) is 2. The minimum atomic E-state index is -0.389. The van der Waals surface area contributed by atoms with Gasteiger partial charge in [0, 0.05) is 12.2 Å². The zero-order valence-corrected chi connectivity index (χ0v) is 22.2. The molecular formula is C31H48O4. The van der Waals surface area contributed by atoms with E-state index in [1.807, 2.05) is 0 Å². The molecule has 2 aliphatic carbocycles. The highest BCUT2D eigenvalue weighted by atomic mass is 16.6. The lowest BCUT2D eigenvalue weighted by Gasteiger charge is -2.38. The van der Waals surface area contributed by atoms with Gasteiger partial charge in [-0.05, 0) is 92.7 Å². The smallest absolute Gasteiger partial charge is 0.333 e. The predicted molar refractivity (Wildman–Crippen MR) is 143 cm³/mol. The third kappa shape index (κ3) is 8.66. The first-order valence-corrected chi connectivity index (χ1v) is 14.2. The lowest BCUT2D eigenvalue weighted by molar-refractivity contribution is -0.139. The summed E-state index contributed by atoms with van der Waals surface area (Å²) in [5.74, 6) is 3.87. The number of esters is 1. The summed E-state index contributed by atoms with van der Waals surface area (Å²) in [5, 5.41) is 9.46. The van der Waals surface area contributed by atoms with Gasteiger partial charge in [0.1, 0.15) is 19.0 Å². The Morgan fingerprint density at radius 3 is 2.31 bits per heavy atom. The van der Waals surface area contributed by atoms with Crippen molar-refractivity contribution in [2.75, 3.05) is 19.8 Å². The van der Waals surface area contributed by atoms with Crippen molar-refractivity contribution in [3.8, 4) is 5.75 Å². The highest BCUT2D eigenvalue weighted by molar-refractivity contribution is 5.86. The second kappa shape index (κ2) is 14.7. The summed E-state index contributed by atoms with van der Waals surface area (Å²) in [6, 6.07) is 6.50. The molecule has 2 saturated carbocycles. The number of ether oxygens (including phenoxy) is 2. The summed E-state index contributed by atoms with van der Waals surface area (Å²) in [4.78, 5) is 11.6. The molecule has 4 heteroatoms. The van der Waals surface area contributed by atoms with Crippen LogP contribution in [0.3, 0.4) is 0 Å². The van der Waals surface area contributed by atoms with Gasteiger partial charge >= 0.3 is 5.97 Å². The Balaban J connectivity index is 1.48. The van der Waals surface area contributed by atoms with Crippen molar-refractivity contribution in [2.45, 2.75) is 103 Å². The van der Waals surface area contributed by atoms with Gasteiger partial charge < -0.3 is 14.6 Å². The van der Waals surface area contributed by atoms with Crippen LogP contribution in [0.1, 0.15) is 108 Å². The summed E-state index contributed by atoms with van der Waals surface area (Å²) in [5.41, 5.74) is 2.74. The van der Waals surface area contributed by atoms with E-state index in [-0.39, 0.29) is 19.2 Å². The molecule has 0 aliphatic heterocycles. The Morgan fingerprint density at radius 2 is 1.69 bits per heavy atom. The fraction of sp³-hybridized carbons (Fsp3) is 0.710. The van der Waals surface area contributed by atoms with Gasteiger partial charge in [-0.2, -0.15) is 0 Å². The molecule has 2 aliphatic rings. The summed E-state index contributed by atoms with van der Waals surface area (Å²) in [6.45, 7) is 8.13. The largest absolute Gasteiger partial charge is 0.490 e. The lowest BCUT2D eigenvalue weighted by atomic mass is 9.68. The average molecular weight is 485 g/mol. The molecule has 0 aromatic heterocycles. The van der Waals surface area contributed by atoms with E-state index in [4.69, 9.17) is 9.47 Å². The van der Waals surface area contributed by atoms with Crippen LogP contribution in [0.15, 0.2) is 30.4 Å². The van der Waals surface area contributed by atoms with Gasteiger partial charge in [0.15, 0.2) is 0 Å². The fourth-order valence-corrected chi connectivity index (χ4v) is 6.25. The van der Waals surface area contributed by atoms with Crippen molar-refractivity contribution in [3.05, 3.63) is 41.5 Å². The minimum absolute atomic E-state index is 0.0896. The quantitative estimate of drug-likeness (QED) is 0.180. The molecule has 0 radical (unpaired) electrons. The maximum atomic E-state index is 11.6. The van der Waals surface area contributed by atoms with Gasteiger partial charge in [-0.15, -0.1) is 0 Å². The number of carbonyl (C=O) groups excluding carboxylic acids is 1. The summed E-state index contributed by atoms with van der Waals surface area (Å²) in [6.07, 6.45) is 17.2. The van der Waals surface area contributed by atoms with E-state index in [0.29, 0.717) is 24.5 Å². The maximum absolute atomic E-state index is 11.6. The molecule has 0 atom stereocenters. The molecule has 1 aromatic carbocycles. The van der Waals surface area contributed by atoms with E-state index in [2.05, 4.69) is 31.7 Å². The van der Waals surface area contributed by atoms with Crippen LogP contribution in [0.4, 0.5) is 0 Å². The van der Waals surface area contributed by atoms with Gasteiger partial charge in [-0.25, -0.2) is 4.79 Å². The zero-order chi connectivity index (χ0) is 25.0. The van der Waals surface area contributed by atoms with Gasteiger partial charge in [-0.3, -0.25) is 0 Å². The van der Waals surface area contributed by atoms with E-state index in [1.54, 1.807) is 6.92 Å². The standard InChI is InChI=1S/C31H48O4/c1-4-5-6-7-24-8-10-25(11-9-24)26-12-14-27(15-13-26)29-17-16-28(18-19-32)30(22-29)34-20-21-35-31(33)23(2)3/h16-17,22,24-27,32H,2,4-15,18-21H2,1,3H3. The Hall–Kier alpha value is -1.81. The van der Waals surface area contributed by atoms with Crippen LogP contribution in [-0.4, -0.2) is 30.9 Å². The third-order valence-electron chi connectivity index (χ3n) is 8.41. The van der Waals surface area contributed by atoms with E-state index in [1.165, 1.54) is 82.6 Å². The van der Waals surface area contributed by atoms with Crippen LogP contribution in [0, 0.1) is 17.8 Å². The van der Waals surface area contributed by atoms with Crippen molar-refractivity contribution >= 4 is 5.97 Å². The van der Waals surface area contributed by atoms with Crippen molar-refractivity contribution in [1.82, 2.24) is 0 Å². The molecule has 1 aromatic rings. The normalized spacial score (nSPS) is 24.7. The van der Waals surface area contributed by atoms with Crippen LogP contribution in [0.2, 0.25) is 0 Å². The number of benzene rings is 1. The number of hydrogen-bond acceptors (Lipinski definition) is 4. The van der Waals surface area contributed by atoms with Gasteiger partial charge in [-0.1, -0.05) is 64.2 Å². The van der Waals surface area contributed by atoms with Gasteiger partial charge in [0.25, 0.3) is 0 Å². The van der Waals surface area contributed by atoms with Crippen LogP contribution in [0.25, 0.3) is 0 Å². The minimum Gasteiger partial charge on any atom is -0.490 e. The molecule has 196 valence electrons. The Labute approximate surface area is 213 Å². The topological polar surface area (TPSA) is 55.8 Å². The van der Waals surface area contributed by atoms with Crippen LogP contribution in [0.5, 0.6) is 5.75 Å². The molecule has 2 fully saturated rings. The van der Waals surface area contributed by atoms with Gasteiger partial charge in [0.2, 0.25) is 0 Å². The third-order valence-corrected chi connectivity index (χ3v) is 8.41. The Bertz CT molecular complexity index is 785. The first-order valence-electron chi connectivity index (χ1n) is 14.2. The number of rotatable bonds is 13. The van der Waals surface area contributed by atoms with Crippen molar-refractivity contribution in [3.63, 3.8) is 0 Å². The van der Waals surface area contributed by atoms with Crippen molar-refractivity contribution in [2.24, 2.45) is 17.8 Å². The predicted octanol–water partition coefficient (Wildman–Crippen LogP) is 7.38. The molecule has 35 heavy (non-hydrogen) atoms. The van der Waals surface area contributed by atoms with Crippen LogP contribution >= 0.6 is 0 Å². The fourth-order valence-electron chi connectivity index (χ4n) is 6.25. The molecule has 0 amide bonds. The van der Waals surface area contributed by atoms with E-state index in [9.17, 15) is 9.90 Å². The Morgan fingerprint density at radius 1 is 1.00 bits per heavy atom. The average Bonchev–Trinajstić information content (AvgIpc) is 2.88. The highest BCUT2D eigenvalue weighted by Gasteiger charge is 2.31. The molecule has 0 heterocycles. The molecule has 3 rings (SSSR count). The molecule has 0 unspecified atom stereocenters. The molecule has 4 nitrogen and oxygen atoms in total. The van der Waals surface area contributed by atoms with Crippen LogP contribution in [-0.2, 0) is 16.0 Å². The van der Waals surface area contributed by atoms with Crippen molar-refractivity contribution in [1.29, 1.82) is 0 Å². The second-order valence-electron chi connectivity index (χ2n) is 11.0. The molecule has 0 bridgehead atoms. The van der Waals surface area contributed by atoms with Crippen molar-refractivity contribution < 1.29 is 19.4 Å². The monoisotopic (exact) mass is 484 g/mol. The zero-order valence-electron chi connectivity index (χ0n) is 22.2. The number of aliphatic hydroxyl groups excluding tert-OH is 1. The SMILES string of the molecule is C=C(C)C(=O)OCCOc1cc(C2CCC(C3CCC(CCCCC)CC3)CC2)ccc1CCO. The number of hydrogen-bond donors (Lipinski definition) is 1. The summed E-state index contributed by atoms with van der Waals surface area (Å²) in [7, 11) is 0. The van der Waals surface area contributed by atoms with Gasteiger partial charge in [0.05, 0.1) is 0 Å². The van der Waals surface area contributed by atoms with Crippen LogP contribution < -0.4 is 4.74 Å². The number of aliphatic hydroxyl groups is 1. The van der Waals surface area contributed by atoms with E-state index >= 15 is 0 Å². The summed E-state index contributed by atoms with van der Waals surface area (Å²) < 4.78 is 11.2. The van der Waals surface area contributed by atoms with E-state index in [0.717, 1.165) is 29.1 Å². The maximum Gasteiger partial charge on any atom is 0.333 e. The summed E-state index contributed by atoms with van der Waals surface area (Å²) >= 11 is 0. The number of carbonyl (C=O) groups is 1. The second-order valence-corrected chi connectivity index (χ2v) is 11.0. The molecule has 0 saturated heterocycles. The first kappa shape index (κ1) is 27.8. The first-order chi connectivity index (χ1) is 17.0. The van der Waals surface area contributed by atoms with E-state index < -0.39 is 0 Å². The lowest BCUT2D eigenvalue weighted by Crippen LogP contribution is -2.25. The highest BCUT2D eigenvalue weighted by Crippen LogP contribution is 2.45. The molecule has 0 spiro atoms. The Kier molecular flexibility index (Phi) is 11.6. The molecule has 1 N–H and O–H groups in total.